The summed E-state index contributed by atoms with van der Waals surface area (Å²) in [5.41, 5.74) is 0.343. The molecule has 2 saturated heterocycles. The molecule has 3 heterocycles. The fraction of sp³-hybridized carbons (Fsp3) is 0.571. The summed E-state index contributed by atoms with van der Waals surface area (Å²) >= 11 is 0. The summed E-state index contributed by atoms with van der Waals surface area (Å²) in [6, 6.07) is 9.85. The second kappa shape index (κ2) is 8.48. The fourth-order valence-electron chi connectivity index (χ4n) is 6.27. The first kappa shape index (κ1) is 25.1. The van der Waals surface area contributed by atoms with Crippen LogP contribution < -0.4 is 4.90 Å². The molecule has 1 spiro atoms. The number of nitrogens with zero attached hydrogens (tertiary/aromatic N) is 3. The number of likely N-dealkylation sites (tertiary alicyclic amines) is 1. The van der Waals surface area contributed by atoms with Crippen LogP contribution in [-0.4, -0.2) is 59.3 Å². The maximum atomic E-state index is 13.8. The molecule has 8 heteroatoms. The normalized spacial score (nSPS) is 24.4. The largest absolute Gasteiger partial charge is 0.441 e. The van der Waals surface area contributed by atoms with E-state index in [9.17, 15) is 18.7 Å². The maximum absolute atomic E-state index is 13.8. The summed E-state index contributed by atoms with van der Waals surface area (Å²) in [5.74, 6) is -2.34. The Morgan fingerprint density at radius 2 is 1.67 bits per heavy atom. The van der Waals surface area contributed by atoms with Gasteiger partial charge in [-0.1, -0.05) is 45.0 Å². The number of rotatable bonds is 5. The Bertz CT molecular complexity index is 1140. The minimum absolute atomic E-state index is 0.131. The van der Waals surface area contributed by atoms with Gasteiger partial charge in [0.25, 0.3) is 0 Å². The van der Waals surface area contributed by atoms with Crippen molar-refractivity contribution >= 4 is 11.8 Å². The third-order valence-electron chi connectivity index (χ3n) is 8.42. The number of aromatic nitrogens is 1. The summed E-state index contributed by atoms with van der Waals surface area (Å²) < 4.78 is 33.2. The number of aliphatic hydroxyl groups is 1. The number of anilines is 1. The van der Waals surface area contributed by atoms with Crippen molar-refractivity contribution in [1.29, 1.82) is 0 Å². The van der Waals surface area contributed by atoms with Gasteiger partial charge >= 0.3 is 6.09 Å². The van der Waals surface area contributed by atoms with Gasteiger partial charge in [-0.15, -0.1) is 0 Å². The van der Waals surface area contributed by atoms with Crippen LogP contribution in [-0.2, 0) is 10.3 Å². The van der Waals surface area contributed by atoms with Crippen LogP contribution >= 0.6 is 0 Å². The Morgan fingerprint density at radius 3 is 2.25 bits per heavy atom. The zero-order valence-corrected chi connectivity index (χ0v) is 21.4. The molecule has 1 aromatic carbocycles. The lowest BCUT2D eigenvalue weighted by molar-refractivity contribution is -0.127. The molecule has 5 rings (SSSR count). The molecular weight excluding hydrogens is 464 g/mol. The van der Waals surface area contributed by atoms with E-state index in [2.05, 4.69) is 42.8 Å². The zero-order valence-electron chi connectivity index (χ0n) is 21.4. The number of hydrogen-bond acceptors (Lipinski definition) is 5. The molecule has 194 valence electrons. The van der Waals surface area contributed by atoms with E-state index in [-0.39, 0.29) is 32.2 Å². The highest BCUT2D eigenvalue weighted by molar-refractivity contribution is 5.90. The molecule has 0 bridgehead atoms. The van der Waals surface area contributed by atoms with Gasteiger partial charge in [0.2, 0.25) is 5.92 Å². The summed E-state index contributed by atoms with van der Waals surface area (Å²) in [6.07, 6.45) is 2.35. The molecular formula is C28H35F2N3O3. The third kappa shape index (κ3) is 4.08. The van der Waals surface area contributed by atoms with Crippen molar-refractivity contribution in [1.82, 2.24) is 9.88 Å². The number of carbonyl (C=O) groups is 1. The van der Waals surface area contributed by atoms with E-state index in [4.69, 9.17) is 4.74 Å². The fourth-order valence-corrected chi connectivity index (χ4v) is 6.27. The van der Waals surface area contributed by atoms with Crippen molar-refractivity contribution in [2.24, 2.45) is 5.41 Å². The summed E-state index contributed by atoms with van der Waals surface area (Å²) in [6.45, 7) is 7.93. The standard InChI is InChI=1S/C28H35F2N3O3/c1-19(2)20-5-7-21(8-6-20)28(35,25(3)16-32(4)17-25)22-13-23(15-31-14-22)33-18-26(36-24(33)34)9-11-27(29,30)12-10-26/h5-8,13-15,19,35H,9-12,16-18H2,1-4H3/t28-/m0/s1. The molecule has 1 atom stereocenters. The van der Waals surface area contributed by atoms with E-state index < -0.39 is 28.6 Å². The first-order valence-electron chi connectivity index (χ1n) is 12.7. The van der Waals surface area contributed by atoms with Crippen molar-refractivity contribution in [2.45, 2.75) is 69.5 Å². The van der Waals surface area contributed by atoms with E-state index in [0.717, 1.165) is 5.56 Å². The van der Waals surface area contributed by atoms with Gasteiger partial charge < -0.3 is 14.7 Å². The van der Waals surface area contributed by atoms with E-state index >= 15 is 0 Å². The number of benzene rings is 1. The van der Waals surface area contributed by atoms with Crippen molar-refractivity contribution in [3.05, 3.63) is 59.4 Å². The average molecular weight is 500 g/mol. The molecule has 1 amide bonds. The number of amides is 1. The van der Waals surface area contributed by atoms with Gasteiger partial charge in [-0.25, -0.2) is 13.6 Å². The molecule has 1 saturated carbocycles. The van der Waals surface area contributed by atoms with Crippen LogP contribution in [0.25, 0.3) is 0 Å². The number of carbonyl (C=O) groups excluding carboxylic acids is 1. The van der Waals surface area contributed by atoms with Crippen molar-refractivity contribution < 1.29 is 23.4 Å². The van der Waals surface area contributed by atoms with Crippen LogP contribution in [0.5, 0.6) is 0 Å². The molecule has 2 aromatic rings. The van der Waals surface area contributed by atoms with Gasteiger partial charge in [0.05, 0.1) is 18.4 Å². The van der Waals surface area contributed by atoms with Gasteiger partial charge in [0, 0.05) is 43.1 Å². The molecule has 0 unspecified atom stereocenters. The Labute approximate surface area is 211 Å². The first-order valence-corrected chi connectivity index (χ1v) is 12.7. The van der Waals surface area contributed by atoms with Crippen LogP contribution in [0.1, 0.15) is 69.1 Å². The number of halogens is 2. The SMILES string of the molecule is CC(C)c1ccc([C@](O)(c2cncc(N3CC4(CCC(F)(F)CC4)OC3=O)c2)C2(C)CN(C)C2)cc1. The second-order valence-corrected chi connectivity index (χ2v) is 11.6. The minimum atomic E-state index is -2.71. The highest BCUT2D eigenvalue weighted by atomic mass is 19.3. The van der Waals surface area contributed by atoms with Crippen molar-refractivity contribution in [3.8, 4) is 0 Å². The minimum Gasteiger partial charge on any atom is -0.441 e. The molecule has 3 fully saturated rings. The van der Waals surface area contributed by atoms with Crippen LogP contribution in [0, 0.1) is 5.41 Å². The van der Waals surface area contributed by atoms with Gasteiger partial charge in [-0.3, -0.25) is 9.88 Å². The molecule has 1 aliphatic carbocycles. The van der Waals surface area contributed by atoms with E-state index in [0.29, 0.717) is 30.3 Å². The predicted molar refractivity (Wildman–Crippen MR) is 133 cm³/mol. The van der Waals surface area contributed by atoms with Crippen LogP contribution in [0.15, 0.2) is 42.7 Å². The van der Waals surface area contributed by atoms with E-state index in [1.165, 1.54) is 10.5 Å². The molecule has 1 aromatic heterocycles. The zero-order chi connectivity index (χ0) is 25.9. The van der Waals surface area contributed by atoms with Gasteiger partial charge in [0.1, 0.15) is 11.2 Å². The number of ether oxygens (including phenoxy) is 1. The Hall–Kier alpha value is -2.58. The highest BCUT2D eigenvalue weighted by Crippen LogP contribution is 2.51. The molecule has 0 radical (unpaired) electrons. The molecule has 2 aliphatic heterocycles. The second-order valence-electron chi connectivity index (χ2n) is 11.6. The summed E-state index contributed by atoms with van der Waals surface area (Å²) in [5, 5.41) is 12.4. The maximum Gasteiger partial charge on any atom is 0.415 e. The van der Waals surface area contributed by atoms with Gasteiger partial charge in [-0.2, -0.15) is 0 Å². The average Bonchev–Trinajstić information content (AvgIpc) is 3.16. The monoisotopic (exact) mass is 499 g/mol. The Morgan fingerprint density at radius 1 is 1.03 bits per heavy atom. The lowest BCUT2D eigenvalue weighted by Crippen LogP contribution is -2.63. The van der Waals surface area contributed by atoms with Crippen molar-refractivity contribution in [3.63, 3.8) is 0 Å². The lowest BCUT2D eigenvalue weighted by Gasteiger charge is -2.56. The Kier molecular flexibility index (Phi) is 5.91. The summed E-state index contributed by atoms with van der Waals surface area (Å²) in [7, 11) is 2.02. The van der Waals surface area contributed by atoms with Crippen molar-refractivity contribution in [2.75, 3.05) is 31.6 Å². The molecule has 36 heavy (non-hydrogen) atoms. The number of hydrogen-bond donors (Lipinski definition) is 1. The van der Waals surface area contributed by atoms with Gasteiger partial charge in [0.15, 0.2) is 0 Å². The molecule has 6 nitrogen and oxygen atoms in total. The third-order valence-corrected chi connectivity index (χ3v) is 8.42. The lowest BCUT2D eigenvalue weighted by atomic mass is 9.62. The Balaban J connectivity index is 1.50. The number of pyridine rings is 1. The van der Waals surface area contributed by atoms with E-state index in [1.807, 2.05) is 19.2 Å². The predicted octanol–water partition coefficient (Wildman–Crippen LogP) is 5.30. The highest BCUT2D eigenvalue weighted by Gasteiger charge is 2.56. The quantitative estimate of drug-likeness (QED) is 0.605. The molecule has 1 N–H and O–H groups in total. The van der Waals surface area contributed by atoms with E-state index in [1.54, 1.807) is 18.5 Å². The topological polar surface area (TPSA) is 65.9 Å². The first-order chi connectivity index (χ1) is 16.9. The van der Waals surface area contributed by atoms with Crippen LogP contribution in [0.2, 0.25) is 0 Å². The van der Waals surface area contributed by atoms with Gasteiger partial charge in [-0.05, 0) is 43.0 Å². The summed E-state index contributed by atoms with van der Waals surface area (Å²) in [4.78, 5) is 20.9. The molecule has 3 aliphatic rings. The smallest absolute Gasteiger partial charge is 0.415 e. The van der Waals surface area contributed by atoms with Crippen LogP contribution in [0.4, 0.5) is 19.3 Å². The van der Waals surface area contributed by atoms with Crippen LogP contribution in [0.3, 0.4) is 0 Å². The number of alkyl halides is 2.